The van der Waals surface area contributed by atoms with Crippen LogP contribution in [0.1, 0.15) is 16.8 Å². The molecular formula is C17H21N3O5S. The standard InChI is InChI=1S/C17H21N3O5S/c1-24-12-4-5-15(25-2)11(8-12)9-20-7-6-14-13(10-20)16(21)19-17(18-14)26(3,22)23/h4-5,8H,6-7,9-10H2,1-3H3,(H,18,19,21). The highest BCUT2D eigenvalue weighted by atomic mass is 32.2. The highest BCUT2D eigenvalue weighted by Gasteiger charge is 2.24. The summed E-state index contributed by atoms with van der Waals surface area (Å²) in [5.74, 6) is 1.48. The molecule has 1 N–H and O–H groups in total. The van der Waals surface area contributed by atoms with Crippen molar-refractivity contribution in [3.8, 4) is 11.5 Å². The summed E-state index contributed by atoms with van der Waals surface area (Å²) in [5, 5.41) is -0.274. The predicted octanol–water partition coefficient (Wildman–Crippen LogP) is 0.749. The zero-order valence-corrected chi connectivity index (χ0v) is 15.7. The molecule has 140 valence electrons. The van der Waals surface area contributed by atoms with Crippen molar-refractivity contribution in [3.63, 3.8) is 0 Å². The van der Waals surface area contributed by atoms with Gasteiger partial charge in [0.2, 0.25) is 15.0 Å². The van der Waals surface area contributed by atoms with E-state index in [0.29, 0.717) is 37.3 Å². The zero-order chi connectivity index (χ0) is 18.9. The van der Waals surface area contributed by atoms with Gasteiger partial charge in [0, 0.05) is 37.9 Å². The molecule has 0 unspecified atom stereocenters. The molecule has 1 aliphatic heterocycles. The molecule has 2 aromatic rings. The Bertz CT molecular complexity index is 984. The van der Waals surface area contributed by atoms with E-state index in [2.05, 4.69) is 14.9 Å². The number of hydrogen-bond donors (Lipinski definition) is 1. The third-order valence-corrected chi connectivity index (χ3v) is 5.25. The van der Waals surface area contributed by atoms with E-state index in [1.54, 1.807) is 14.2 Å². The maximum absolute atomic E-state index is 12.3. The average molecular weight is 379 g/mol. The summed E-state index contributed by atoms with van der Waals surface area (Å²) in [6, 6.07) is 5.58. The van der Waals surface area contributed by atoms with Crippen LogP contribution in [0.4, 0.5) is 0 Å². The van der Waals surface area contributed by atoms with Crippen LogP contribution in [0.25, 0.3) is 0 Å². The number of H-pyrrole nitrogens is 1. The normalized spacial score (nSPS) is 14.7. The molecule has 2 heterocycles. The molecular weight excluding hydrogens is 358 g/mol. The summed E-state index contributed by atoms with van der Waals surface area (Å²) >= 11 is 0. The van der Waals surface area contributed by atoms with E-state index in [0.717, 1.165) is 23.3 Å². The molecule has 3 rings (SSSR count). The third kappa shape index (κ3) is 3.73. The number of aromatic nitrogens is 2. The topological polar surface area (TPSA) is 102 Å². The van der Waals surface area contributed by atoms with Crippen LogP contribution in [0.3, 0.4) is 0 Å². The highest BCUT2D eigenvalue weighted by molar-refractivity contribution is 7.90. The molecule has 1 aromatic carbocycles. The fourth-order valence-corrected chi connectivity index (χ4v) is 3.57. The van der Waals surface area contributed by atoms with Crippen molar-refractivity contribution in [2.24, 2.45) is 0 Å². The van der Waals surface area contributed by atoms with Gasteiger partial charge in [0.25, 0.3) is 5.56 Å². The lowest BCUT2D eigenvalue weighted by Gasteiger charge is -2.28. The molecule has 0 amide bonds. The number of aromatic amines is 1. The van der Waals surface area contributed by atoms with Crippen LogP contribution >= 0.6 is 0 Å². The predicted molar refractivity (Wildman–Crippen MR) is 95.3 cm³/mol. The number of hydrogen-bond acceptors (Lipinski definition) is 7. The largest absolute Gasteiger partial charge is 0.497 e. The Hall–Kier alpha value is -2.39. The molecule has 0 aliphatic carbocycles. The fraction of sp³-hybridized carbons (Fsp3) is 0.412. The minimum atomic E-state index is -3.55. The Morgan fingerprint density at radius 1 is 1.27 bits per heavy atom. The van der Waals surface area contributed by atoms with Gasteiger partial charge in [-0.15, -0.1) is 0 Å². The number of benzene rings is 1. The molecule has 26 heavy (non-hydrogen) atoms. The van der Waals surface area contributed by atoms with E-state index >= 15 is 0 Å². The lowest BCUT2D eigenvalue weighted by molar-refractivity contribution is 0.237. The smallest absolute Gasteiger partial charge is 0.256 e. The van der Waals surface area contributed by atoms with Crippen molar-refractivity contribution in [1.82, 2.24) is 14.9 Å². The Labute approximate surface area is 151 Å². The molecule has 0 saturated carbocycles. The lowest BCUT2D eigenvalue weighted by Crippen LogP contribution is -2.36. The molecule has 1 aromatic heterocycles. The molecule has 0 bridgehead atoms. The van der Waals surface area contributed by atoms with E-state index in [-0.39, 0.29) is 5.16 Å². The zero-order valence-electron chi connectivity index (χ0n) is 14.9. The number of nitrogens with zero attached hydrogens (tertiary/aromatic N) is 2. The molecule has 1 aliphatic rings. The second-order valence-electron chi connectivity index (χ2n) is 6.21. The Morgan fingerprint density at radius 2 is 2.04 bits per heavy atom. The lowest BCUT2D eigenvalue weighted by atomic mass is 10.1. The summed E-state index contributed by atoms with van der Waals surface area (Å²) < 4.78 is 33.9. The first-order valence-corrected chi connectivity index (χ1v) is 9.96. The number of ether oxygens (including phenoxy) is 2. The van der Waals surface area contributed by atoms with Gasteiger partial charge in [-0.05, 0) is 18.2 Å². The van der Waals surface area contributed by atoms with Gasteiger partial charge in [-0.25, -0.2) is 13.4 Å². The average Bonchev–Trinajstić information content (AvgIpc) is 2.61. The molecule has 8 nitrogen and oxygen atoms in total. The summed E-state index contributed by atoms with van der Waals surface area (Å²) in [6.07, 6.45) is 1.54. The summed E-state index contributed by atoms with van der Waals surface area (Å²) in [5.41, 5.74) is 1.60. The third-order valence-electron chi connectivity index (χ3n) is 4.36. The van der Waals surface area contributed by atoms with Gasteiger partial charge in [0.15, 0.2) is 0 Å². The number of rotatable bonds is 5. The SMILES string of the molecule is COc1ccc(OC)c(CN2CCc3nc(S(C)(=O)=O)[nH]c(=O)c3C2)c1. The molecule has 0 fully saturated rings. The van der Waals surface area contributed by atoms with Crippen molar-refractivity contribution < 1.29 is 17.9 Å². The van der Waals surface area contributed by atoms with Crippen molar-refractivity contribution in [2.75, 3.05) is 27.0 Å². The van der Waals surface area contributed by atoms with Crippen LogP contribution in [0.15, 0.2) is 28.2 Å². The van der Waals surface area contributed by atoms with Gasteiger partial charge in [-0.3, -0.25) is 14.7 Å². The van der Waals surface area contributed by atoms with E-state index < -0.39 is 15.4 Å². The van der Waals surface area contributed by atoms with Crippen molar-refractivity contribution in [3.05, 3.63) is 45.4 Å². The summed E-state index contributed by atoms with van der Waals surface area (Å²) in [7, 11) is -0.335. The van der Waals surface area contributed by atoms with E-state index in [9.17, 15) is 13.2 Å². The van der Waals surface area contributed by atoms with E-state index in [1.807, 2.05) is 18.2 Å². The summed E-state index contributed by atoms with van der Waals surface area (Å²) in [4.78, 5) is 20.9. The first-order chi connectivity index (χ1) is 12.3. The minimum absolute atomic E-state index is 0.274. The fourth-order valence-electron chi connectivity index (χ4n) is 3.02. The van der Waals surface area contributed by atoms with E-state index in [1.165, 1.54) is 0 Å². The van der Waals surface area contributed by atoms with Crippen LogP contribution in [-0.4, -0.2) is 50.3 Å². The Balaban J connectivity index is 1.87. The monoisotopic (exact) mass is 379 g/mol. The number of methoxy groups -OCH3 is 2. The van der Waals surface area contributed by atoms with E-state index in [4.69, 9.17) is 9.47 Å². The van der Waals surface area contributed by atoms with Gasteiger partial charge < -0.3 is 9.47 Å². The quantitative estimate of drug-likeness (QED) is 0.765. The van der Waals surface area contributed by atoms with Crippen LogP contribution in [0.5, 0.6) is 11.5 Å². The van der Waals surface area contributed by atoms with Gasteiger partial charge in [-0.1, -0.05) is 0 Å². The van der Waals surface area contributed by atoms with Crippen LogP contribution in [-0.2, 0) is 29.3 Å². The number of sulfone groups is 1. The Morgan fingerprint density at radius 3 is 2.69 bits per heavy atom. The maximum Gasteiger partial charge on any atom is 0.256 e. The first kappa shape index (κ1) is 18.4. The minimum Gasteiger partial charge on any atom is -0.497 e. The van der Waals surface area contributed by atoms with Crippen LogP contribution < -0.4 is 15.0 Å². The molecule has 0 spiro atoms. The summed E-state index contributed by atoms with van der Waals surface area (Å²) in [6.45, 7) is 1.63. The molecule has 0 atom stereocenters. The molecule has 9 heteroatoms. The van der Waals surface area contributed by atoms with Crippen LogP contribution in [0, 0.1) is 0 Å². The first-order valence-electron chi connectivity index (χ1n) is 8.07. The van der Waals surface area contributed by atoms with Gasteiger partial charge in [0.1, 0.15) is 11.5 Å². The van der Waals surface area contributed by atoms with Gasteiger partial charge in [-0.2, -0.15) is 0 Å². The second-order valence-corrected chi connectivity index (χ2v) is 8.14. The van der Waals surface area contributed by atoms with Crippen molar-refractivity contribution in [2.45, 2.75) is 24.7 Å². The van der Waals surface area contributed by atoms with Crippen molar-refractivity contribution >= 4 is 9.84 Å². The van der Waals surface area contributed by atoms with Gasteiger partial charge in [0.05, 0.1) is 25.5 Å². The highest BCUT2D eigenvalue weighted by Crippen LogP contribution is 2.27. The molecule has 0 saturated heterocycles. The van der Waals surface area contributed by atoms with Crippen molar-refractivity contribution in [1.29, 1.82) is 0 Å². The maximum atomic E-state index is 12.3. The number of nitrogens with one attached hydrogen (secondary N) is 1. The second kappa shape index (κ2) is 7.08. The molecule has 0 radical (unpaired) electrons. The number of fused-ring (bicyclic) bond motifs is 1. The Kier molecular flexibility index (Phi) is 5.01. The van der Waals surface area contributed by atoms with Gasteiger partial charge >= 0.3 is 0 Å². The van der Waals surface area contributed by atoms with Crippen LogP contribution in [0.2, 0.25) is 0 Å².